The maximum absolute atomic E-state index is 12.9. The van der Waals surface area contributed by atoms with Crippen molar-refractivity contribution in [2.24, 2.45) is 5.73 Å². The molecule has 0 aromatic carbocycles. The van der Waals surface area contributed by atoms with Crippen molar-refractivity contribution in [2.75, 3.05) is 13.1 Å². The van der Waals surface area contributed by atoms with Crippen LogP contribution in [-0.4, -0.2) is 38.0 Å². The number of aryl methyl sites for hydroxylation is 2. The van der Waals surface area contributed by atoms with Crippen LogP contribution in [0.2, 0.25) is 0 Å². The first kappa shape index (κ1) is 14.1. The Balaban J connectivity index is 2.00. The number of furan rings is 1. The van der Waals surface area contributed by atoms with Crippen LogP contribution in [0.4, 0.5) is 0 Å². The highest BCUT2D eigenvalue weighted by Crippen LogP contribution is 2.33. The zero-order valence-electron chi connectivity index (χ0n) is 11.8. The fourth-order valence-electron chi connectivity index (χ4n) is 3.19. The van der Waals surface area contributed by atoms with Gasteiger partial charge in [-0.1, -0.05) is 0 Å². The van der Waals surface area contributed by atoms with Gasteiger partial charge in [0.05, 0.1) is 12.2 Å². The molecule has 2 unspecified atom stereocenters. The molecule has 2 aliphatic rings. The third-order valence-corrected chi connectivity index (χ3v) is 6.16. The summed E-state index contributed by atoms with van der Waals surface area (Å²) in [6.45, 7) is 4.43. The van der Waals surface area contributed by atoms with E-state index >= 15 is 0 Å². The highest BCUT2D eigenvalue weighted by Gasteiger charge is 2.41. The molecule has 0 aliphatic carbocycles. The average molecular weight is 300 g/mol. The number of rotatable bonds is 3. The molecule has 112 valence electrons. The minimum Gasteiger partial charge on any atom is -0.465 e. The molecule has 0 radical (unpaired) electrons. The Morgan fingerprint density at radius 3 is 2.35 bits per heavy atom. The van der Waals surface area contributed by atoms with E-state index in [9.17, 15) is 8.42 Å². The summed E-state index contributed by atoms with van der Waals surface area (Å²) in [6, 6.07) is 0. The largest absolute Gasteiger partial charge is 0.465 e. The summed E-state index contributed by atoms with van der Waals surface area (Å²) < 4.78 is 38.4. The number of fused-ring (bicyclic) bond motifs is 2. The smallest absolute Gasteiger partial charge is 0.247 e. The molecular formula is C13H20N2O4S. The van der Waals surface area contributed by atoms with Gasteiger partial charge < -0.3 is 14.9 Å². The van der Waals surface area contributed by atoms with Crippen LogP contribution in [0.1, 0.15) is 29.9 Å². The molecule has 2 N–H and O–H groups in total. The van der Waals surface area contributed by atoms with Crippen LogP contribution in [0.15, 0.2) is 9.31 Å². The van der Waals surface area contributed by atoms with Gasteiger partial charge in [0, 0.05) is 25.2 Å². The Labute approximate surface area is 118 Å². The molecule has 3 heterocycles. The van der Waals surface area contributed by atoms with Gasteiger partial charge in [-0.25, -0.2) is 8.42 Å². The van der Waals surface area contributed by atoms with Gasteiger partial charge in [0.1, 0.15) is 16.4 Å². The fraction of sp³-hybridized carbons (Fsp3) is 0.692. The summed E-state index contributed by atoms with van der Waals surface area (Å²) in [5.41, 5.74) is 6.27. The van der Waals surface area contributed by atoms with Crippen molar-refractivity contribution in [3.8, 4) is 0 Å². The molecule has 7 heteroatoms. The van der Waals surface area contributed by atoms with Crippen LogP contribution < -0.4 is 5.73 Å². The second kappa shape index (κ2) is 4.84. The predicted molar refractivity (Wildman–Crippen MR) is 72.7 cm³/mol. The second-order valence-electron chi connectivity index (χ2n) is 5.51. The Morgan fingerprint density at radius 2 is 1.80 bits per heavy atom. The molecule has 2 fully saturated rings. The molecule has 0 saturated carbocycles. The van der Waals surface area contributed by atoms with Gasteiger partial charge in [0.2, 0.25) is 10.0 Å². The molecule has 2 aliphatic heterocycles. The monoisotopic (exact) mass is 300 g/mol. The summed E-state index contributed by atoms with van der Waals surface area (Å²) in [7, 11) is -3.56. The molecule has 2 saturated heterocycles. The number of ether oxygens (including phenoxy) is 1. The number of sulfonamides is 1. The van der Waals surface area contributed by atoms with Gasteiger partial charge in [-0.05, 0) is 26.7 Å². The molecule has 2 bridgehead atoms. The maximum atomic E-state index is 12.9. The number of hydrogen-bond acceptors (Lipinski definition) is 5. The van der Waals surface area contributed by atoms with E-state index < -0.39 is 10.0 Å². The SMILES string of the molecule is Cc1oc(C)c(S(=O)(=O)N2CC3CCC(C2)O3)c1CN. The lowest BCUT2D eigenvalue weighted by atomic mass is 10.2. The third kappa shape index (κ3) is 2.09. The van der Waals surface area contributed by atoms with Crippen LogP contribution in [0, 0.1) is 13.8 Å². The summed E-state index contributed by atoms with van der Waals surface area (Å²) in [4.78, 5) is 0.249. The normalized spacial score (nSPS) is 27.1. The van der Waals surface area contributed by atoms with Crippen molar-refractivity contribution < 1.29 is 17.6 Å². The second-order valence-corrected chi connectivity index (χ2v) is 7.38. The van der Waals surface area contributed by atoms with E-state index in [2.05, 4.69) is 0 Å². The summed E-state index contributed by atoms with van der Waals surface area (Å²) in [5, 5.41) is 0. The maximum Gasteiger partial charge on any atom is 0.247 e. The van der Waals surface area contributed by atoms with E-state index in [0.29, 0.717) is 30.2 Å². The summed E-state index contributed by atoms with van der Waals surface area (Å²) in [5.74, 6) is 1.00. The Bertz CT molecular complexity index is 611. The fourth-order valence-corrected chi connectivity index (χ4v) is 5.11. The van der Waals surface area contributed by atoms with Crippen molar-refractivity contribution in [1.29, 1.82) is 0 Å². The molecule has 3 rings (SSSR count). The highest BCUT2D eigenvalue weighted by molar-refractivity contribution is 7.89. The van der Waals surface area contributed by atoms with Gasteiger partial charge in [-0.15, -0.1) is 0 Å². The lowest BCUT2D eigenvalue weighted by Gasteiger charge is -2.31. The van der Waals surface area contributed by atoms with E-state index in [1.807, 2.05) is 0 Å². The minimum atomic E-state index is -3.56. The Kier molecular flexibility index (Phi) is 3.40. The van der Waals surface area contributed by atoms with Crippen LogP contribution in [0.25, 0.3) is 0 Å². The first-order valence-corrected chi connectivity index (χ1v) is 8.32. The summed E-state index contributed by atoms with van der Waals surface area (Å²) >= 11 is 0. The first-order valence-electron chi connectivity index (χ1n) is 6.88. The molecule has 1 aromatic rings. The van der Waals surface area contributed by atoms with E-state index in [1.165, 1.54) is 4.31 Å². The molecule has 1 aromatic heterocycles. The molecule has 0 spiro atoms. The molecule has 2 atom stereocenters. The average Bonchev–Trinajstić information content (AvgIpc) is 2.88. The summed E-state index contributed by atoms with van der Waals surface area (Å²) in [6.07, 6.45) is 1.92. The van der Waals surface area contributed by atoms with E-state index in [4.69, 9.17) is 14.9 Å². The topological polar surface area (TPSA) is 85.8 Å². The van der Waals surface area contributed by atoms with E-state index in [1.54, 1.807) is 13.8 Å². The van der Waals surface area contributed by atoms with Crippen LogP contribution in [-0.2, 0) is 21.3 Å². The van der Waals surface area contributed by atoms with Crippen molar-refractivity contribution in [2.45, 2.75) is 50.3 Å². The predicted octanol–water partition coefficient (Wildman–Crippen LogP) is 0.907. The zero-order chi connectivity index (χ0) is 14.5. The van der Waals surface area contributed by atoms with Crippen LogP contribution in [0.3, 0.4) is 0 Å². The number of hydrogen-bond donors (Lipinski definition) is 1. The van der Waals surface area contributed by atoms with Crippen LogP contribution >= 0.6 is 0 Å². The van der Waals surface area contributed by atoms with Gasteiger partial charge >= 0.3 is 0 Å². The number of nitrogens with zero attached hydrogens (tertiary/aromatic N) is 1. The highest BCUT2D eigenvalue weighted by atomic mass is 32.2. The Hall–Kier alpha value is -0.890. The van der Waals surface area contributed by atoms with E-state index in [0.717, 1.165) is 12.8 Å². The molecule has 6 nitrogen and oxygen atoms in total. The van der Waals surface area contributed by atoms with Gasteiger partial charge in [0.15, 0.2) is 0 Å². The first-order chi connectivity index (χ1) is 9.43. The standard InChI is InChI=1S/C13H20N2O4S/c1-8-12(5-14)13(9(2)18-8)20(16,17)15-6-10-3-4-11(7-15)19-10/h10-11H,3-7,14H2,1-2H3. The van der Waals surface area contributed by atoms with Crippen molar-refractivity contribution >= 4 is 10.0 Å². The molecule has 0 amide bonds. The zero-order valence-corrected chi connectivity index (χ0v) is 12.6. The molecular weight excluding hydrogens is 280 g/mol. The van der Waals surface area contributed by atoms with Crippen LogP contribution in [0.5, 0.6) is 0 Å². The lowest BCUT2D eigenvalue weighted by molar-refractivity contribution is -0.0115. The van der Waals surface area contributed by atoms with Gasteiger partial charge in [-0.3, -0.25) is 0 Å². The van der Waals surface area contributed by atoms with Crippen molar-refractivity contribution in [1.82, 2.24) is 4.31 Å². The quantitative estimate of drug-likeness (QED) is 0.896. The third-order valence-electron chi connectivity index (χ3n) is 4.14. The number of morpholine rings is 1. The van der Waals surface area contributed by atoms with Gasteiger partial charge in [0.25, 0.3) is 0 Å². The lowest BCUT2D eigenvalue weighted by Crippen LogP contribution is -2.46. The van der Waals surface area contributed by atoms with Crippen molar-refractivity contribution in [3.05, 3.63) is 17.1 Å². The molecule has 20 heavy (non-hydrogen) atoms. The number of nitrogens with two attached hydrogens (primary N) is 1. The van der Waals surface area contributed by atoms with E-state index in [-0.39, 0.29) is 23.6 Å². The Morgan fingerprint density at radius 1 is 1.20 bits per heavy atom. The minimum absolute atomic E-state index is 0.0261. The van der Waals surface area contributed by atoms with Gasteiger partial charge in [-0.2, -0.15) is 4.31 Å². The van der Waals surface area contributed by atoms with Crippen molar-refractivity contribution in [3.63, 3.8) is 0 Å².